The van der Waals surface area contributed by atoms with Gasteiger partial charge in [-0.1, -0.05) is 39.0 Å². The average molecular weight is 290 g/mol. The van der Waals surface area contributed by atoms with Crippen molar-refractivity contribution in [3.05, 3.63) is 18.0 Å². The van der Waals surface area contributed by atoms with Gasteiger partial charge in [-0.2, -0.15) is 5.10 Å². The molecule has 3 heteroatoms. The molecule has 3 rings (SSSR count). The van der Waals surface area contributed by atoms with Crippen molar-refractivity contribution in [3.63, 3.8) is 0 Å². The first kappa shape index (κ1) is 15.1. The summed E-state index contributed by atoms with van der Waals surface area (Å²) in [7, 11) is 0. The first-order chi connectivity index (χ1) is 10.3. The number of hydrogen-bond acceptors (Lipinski definition) is 2. The monoisotopic (exact) mass is 290 g/mol. The fraction of sp³-hybridized carbons (Fsp3) is 0.833. The molecular weight excluding hydrogens is 260 g/mol. The summed E-state index contributed by atoms with van der Waals surface area (Å²) in [4.78, 5) is 0. The zero-order valence-electron chi connectivity index (χ0n) is 13.4. The Morgan fingerprint density at radius 1 is 1.19 bits per heavy atom. The molecular formula is C18H30N2O. The molecule has 3 nitrogen and oxygen atoms in total. The van der Waals surface area contributed by atoms with Crippen molar-refractivity contribution in [2.24, 2.45) is 11.8 Å². The molecule has 2 aliphatic rings. The summed E-state index contributed by atoms with van der Waals surface area (Å²) in [6.07, 6.45) is 14.2. The summed E-state index contributed by atoms with van der Waals surface area (Å²) in [5.74, 6) is 1.39. The van der Waals surface area contributed by atoms with Crippen LogP contribution in [0.5, 0.6) is 0 Å². The minimum Gasteiger partial charge on any atom is -0.392 e. The number of nitrogens with zero attached hydrogens (tertiary/aromatic N) is 2. The summed E-state index contributed by atoms with van der Waals surface area (Å²) < 4.78 is 2.14. The van der Waals surface area contributed by atoms with Gasteiger partial charge in [-0.3, -0.25) is 4.68 Å². The summed E-state index contributed by atoms with van der Waals surface area (Å²) in [5, 5.41) is 15.2. The molecule has 0 aliphatic heterocycles. The summed E-state index contributed by atoms with van der Waals surface area (Å²) >= 11 is 0. The Hall–Kier alpha value is -0.830. The third-order valence-electron chi connectivity index (χ3n) is 5.79. The second kappa shape index (κ2) is 6.95. The smallest absolute Gasteiger partial charge is 0.0650 e. The molecule has 118 valence electrons. The van der Waals surface area contributed by atoms with Crippen molar-refractivity contribution in [3.8, 4) is 0 Å². The van der Waals surface area contributed by atoms with Gasteiger partial charge < -0.3 is 5.11 Å². The molecule has 1 heterocycles. The molecule has 0 radical (unpaired) electrons. The summed E-state index contributed by atoms with van der Waals surface area (Å²) in [6.45, 7) is 2.29. The molecule has 2 fully saturated rings. The molecule has 0 bridgehead atoms. The highest BCUT2D eigenvalue weighted by Crippen LogP contribution is 2.33. The van der Waals surface area contributed by atoms with Crippen LogP contribution in [-0.4, -0.2) is 21.0 Å². The minimum absolute atomic E-state index is 0.199. The number of hydrogen-bond donors (Lipinski definition) is 1. The summed E-state index contributed by atoms with van der Waals surface area (Å²) in [5.41, 5.74) is 1.08. The summed E-state index contributed by atoms with van der Waals surface area (Å²) in [6, 6.07) is 2.72. The Bertz CT molecular complexity index is 428. The maximum Gasteiger partial charge on any atom is 0.0650 e. The van der Waals surface area contributed by atoms with Crippen LogP contribution in [0.1, 0.15) is 76.4 Å². The van der Waals surface area contributed by atoms with Crippen LogP contribution in [0.3, 0.4) is 0 Å². The van der Waals surface area contributed by atoms with E-state index in [1.165, 1.54) is 57.8 Å². The van der Waals surface area contributed by atoms with Crippen LogP contribution in [0.4, 0.5) is 0 Å². The number of rotatable bonds is 5. The molecule has 2 saturated carbocycles. The fourth-order valence-electron chi connectivity index (χ4n) is 4.22. The Morgan fingerprint density at radius 3 is 2.57 bits per heavy atom. The molecule has 21 heavy (non-hydrogen) atoms. The van der Waals surface area contributed by atoms with Crippen LogP contribution in [0, 0.1) is 11.8 Å². The molecule has 1 atom stereocenters. The lowest BCUT2D eigenvalue weighted by atomic mass is 9.77. The number of aliphatic hydroxyl groups excluding tert-OH is 1. The second-order valence-corrected chi connectivity index (χ2v) is 7.19. The zero-order chi connectivity index (χ0) is 14.7. The van der Waals surface area contributed by atoms with Crippen LogP contribution in [0.2, 0.25) is 0 Å². The maximum absolute atomic E-state index is 10.5. The van der Waals surface area contributed by atoms with Crippen LogP contribution >= 0.6 is 0 Å². The zero-order valence-corrected chi connectivity index (χ0v) is 13.4. The first-order valence-electron chi connectivity index (χ1n) is 8.98. The highest BCUT2D eigenvalue weighted by atomic mass is 16.3. The van der Waals surface area contributed by atoms with Gasteiger partial charge in [0.1, 0.15) is 0 Å². The van der Waals surface area contributed by atoms with E-state index in [0.29, 0.717) is 12.0 Å². The van der Waals surface area contributed by atoms with Gasteiger partial charge in [-0.15, -0.1) is 0 Å². The quantitative estimate of drug-likeness (QED) is 0.886. The van der Waals surface area contributed by atoms with Gasteiger partial charge in [0.2, 0.25) is 0 Å². The second-order valence-electron chi connectivity index (χ2n) is 7.19. The van der Waals surface area contributed by atoms with Gasteiger partial charge in [0.15, 0.2) is 0 Å². The standard InChI is InChI=1S/C18H30N2O/c1-2-14-7-9-15(10-8-14)18(21)13-16-11-12-20(19-16)17-5-3-4-6-17/h11-12,14-15,17-18,21H,2-10,13H2,1H3. The van der Waals surface area contributed by atoms with E-state index in [1.807, 2.05) is 0 Å². The number of aliphatic hydroxyl groups is 1. The number of aromatic nitrogens is 2. The molecule has 1 unspecified atom stereocenters. The maximum atomic E-state index is 10.5. The SMILES string of the molecule is CCC1CCC(C(O)Cc2ccn(C3CCCC3)n2)CC1. The van der Waals surface area contributed by atoms with Crippen molar-refractivity contribution >= 4 is 0 Å². The molecule has 1 aromatic heterocycles. The van der Waals surface area contributed by atoms with Gasteiger partial charge in [0.05, 0.1) is 17.8 Å². The van der Waals surface area contributed by atoms with Crippen LogP contribution in [0.15, 0.2) is 12.3 Å². The molecule has 0 spiro atoms. The van der Waals surface area contributed by atoms with E-state index in [1.54, 1.807) is 0 Å². The average Bonchev–Trinajstić information content (AvgIpc) is 3.18. The third-order valence-corrected chi connectivity index (χ3v) is 5.79. The van der Waals surface area contributed by atoms with Crippen molar-refractivity contribution in [1.82, 2.24) is 9.78 Å². The Kier molecular flexibility index (Phi) is 4.99. The van der Waals surface area contributed by atoms with E-state index < -0.39 is 0 Å². The Labute approximate surface area is 128 Å². The van der Waals surface area contributed by atoms with Crippen molar-refractivity contribution in [2.45, 2.75) is 83.3 Å². The normalized spacial score (nSPS) is 28.9. The van der Waals surface area contributed by atoms with E-state index in [4.69, 9.17) is 5.10 Å². The van der Waals surface area contributed by atoms with E-state index in [2.05, 4.69) is 23.9 Å². The fourth-order valence-corrected chi connectivity index (χ4v) is 4.22. The predicted molar refractivity (Wildman–Crippen MR) is 85.2 cm³/mol. The van der Waals surface area contributed by atoms with Gasteiger partial charge in [-0.05, 0) is 43.6 Å². The largest absolute Gasteiger partial charge is 0.392 e. The van der Waals surface area contributed by atoms with Gasteiger partial charge in [-0.25, -0.2) is 0 Å². The molecule has 0 saturated heterocycles. The van der Waals surface area contributed by atoms with E-state index in [-0.39, 0.29) is 6.10 Å². The van der Waals surface area contributed by atoms with E-state index in [0.717, 1.165) is 18.0 Å². The van der Waals surface area contributed by atoms with E-state index >= 15 is 0 Å². The predicted octanol–water partition coefficient (Wildman–Crippen LogP) is 4.12. The van der Waals surface area contributed by atoms with E-state index in [9.17, 15) is 5.11 Å². The van der Waals surface area contributed by atoms with Crippen molar-refractivity contribution < 1.29 is 5.11 Å². The molecule has 0 aromatic carbocycles. The first-order valence-corrected chi connectivity index (χ1v) is 8.98. The van der Waals surface area contributed by atoms with Gasteiger partial charge in [0.25, 0.3) is 0 Å². The van der Waals surface area contributed by atoms with Crippen molar-refractivity contribution in [2.75, 3.05) is 0 Å². The highest BCUT2D eigenvalue weighted by Gasteiger charge is 2.26. The van der Waals surface area contributed by atoms with Crippen LogP contribution in [0.25, 0.3) is 0 Å². The lowest BCUT2D eigenvalue weighted by molar-refractivity contribution is 0.0726. The Morgan fingerprint density at radius 2 is 1.90 bits per heavy atom. The molecule has 1 N–H and O–H groups in total. The minimum atomic E-state index is -0.199. The van der Waals surface area contributed by atoms with Gasteiger partial charge in [0, 0.05) is 12.6 Å². The lowest BCUT2D eigenvalue weighted by Gasteiger charge is -2.30. The third kappa shape index (κ3) is 3.68. The highest BCUT2D eigenvalue weighted by molar-refractivity contribution is 5.02. The van der Waals surface area contributed by atoms with Gasteiger partial charge >= 0.3 is 0 Å². The van der Waals surface area contributed by atoms with Crippen molar-refractivity contribution in [1.29, 1.82) is 0 Å². The molecule has 0 amide bonds. The van der Waals surface area contributed by atoms with Crippen LogP contribution in [-0.2, 0) is 6.42 Å². The topological polar surface area (TPSA) is 38.0 Å². The van der Waals surface area contributed by atoms with Crippen LogP contribution < -0.4 is 0 Å². The lowest BCUT2D eigenvalue weighted by Crippen LogP contribution is -2.27. The Balaban J connectivity index is 1.51. The molecule has 1 aromatic rings. The molecule has 2 aliphatic carbocycles.